The molecule has 0 bridgehead atoms. The molecule has 2 N–H and O–H groups in total. The van der Waals surface area contributed by atoms with Crippen molar-refractivity contribution >= 4 is 11.0 Å². The molecule has 0 unspecified atom stereocenters. The topological polar surface area (TPSA) is 58.0 Å². The van der Waals surface area contributed by atoms with Crippen molar-refractivity contribution in [2.75, 3.05) is 0 Å². The molecule has 0 spiro atoms. The first-order chi connectivity index (χ1) is 5.70. The average molecular weight is 164 g/mol. The highest BCUT2D eigenvalue weighted by molar-refractivity contribution is 5.78. The molecular weight excluding hydrogens is 156 g/mol. The molecule has 0 aliphatic carbocycles. The van der Waals surface area contributed by atoms with Crippen molar-refractivity contribution in [2.24, 2.45) is 0 Å². The number of rotatable bonds is 0. The van der Waals surface area contributed by atoms with Gasteiger partial charge in [0.15, 0.2) is 0 Å². The molecule has 1 heterocycles. The summed E-state index contributed by atoms with van der Waals surface area (Å²) in [5, 5.41) is 9.25. The second-order valence-corrected chi connectivity index (χ2v) is 2.71. The summed E-state index contributed by atoms with van der Waals surface area (Å²) in [6.45, 7) is 1.84. The van der Waals surface area contributed by atoms with Gasteiger partial charge >= 0.3 is 5.69 Å². The van der Waals surface area contributed by atoms with E-state index >= 15 is 0 Å². The number of fused-ring (bicyclic) bond motifs is 1. The largest absolute Gasteiger partial charge is 0.424 e. The zero-order valence-corrected chi connectivity index (χ0v) is 6.53. The number of hydrogen-bond acceptors (Lipinski definition) is 2. The third-order valence-electron chi connectivity index (χ3n) is 1.88. The molecule has 4 heteroatoms. The van der Waals surface area contributed by atoms with Crippen molar-refractivity contribution in [2.45, 2.75) is 6.92 Å². The molecule has 1 aromatic carbocycles. The van der Waals surface area contributed by atoms with Crippen LogP contribution >= 0.6 is 0 Å². The van der Waals surface area contributed by atoms with Gasteiger partial charge in [0.1, 0.15) is 5.52 Å². The summed E-state index contributed by atoms with van der Waals surface area (Å²) in [5.74, 6) is 0. The molecule has 0 aliphatic heterocycles. The number of imidazole rings is 1. The van der Waals surface area contributed by atoms with Crippen LogP contribution in [0.2, 0.25) is 0 Å². The average Bonchev–Trinajstić information content (AvgIpc) is 2.29. The van der Waals surface area contributed by atoms with Crippen LogP contribution < -0.4 is 5.69 Å². The van der Waals surface area contributed by atoms with Crippen molar-refractivity contribution < 1.29 is 5.21 Å². The number of aryl methyl sites for hydroxylation is 1. The molecule has 0 amide bonds. The van der Waals surface area contributed by atoms with Crippen LogP contribution in [0.4, 0.5) is 0 Å². The van der Waals surface area contributed by atoms with Crippen molar-refractivity contribution in [1.82, 2.24) is 9.71 Å². The molecule has 4 nitrogen and oxygen atoms in total. The molecule has 0 atom stereocenters. The minimum absolute atomic E-state index is 0.501. The molecule has 0 saturated carbocycles. The Morgan fingerprint density at radius 1 is 1.50 bits per heavy atom. The normalized spacial score (nSPS) is 10.8. The smallest absolute Gasteiger partial charge is 0.359 e. The van der Waals surface area contributed by atoms with Gasteiger partial charge in [-0.1, -0.05) is 12.1 Å². The van der Waals surface area contributed by atoms with Crippen LogP contribution in [0.15, 0.2) is 23.0 Å². The quantitative estimate of drug-likeness (QED) is 0.568. The van der Waals surface area contributed by atoms with Gasteiger partial charge < -0.3 is 10.2 Å². The maximum atomic E-state index is 10.9. The Morgan fingerprint density at radius 3 is 2.92 bits per heavy atom. The number of para-hydroxylation sites is 1. The summed E-state index contributed by atoms with van der Waals surface area (Å²) in [6, 6.07) is 5.41. The highest BCUT2D eigenvalue weighted by Gasteiger charge is 2.05. The summed E-state index contributed by atoms with van der Waals surface area (Å²) >= 11 is 0. The number of nitrogens with zero attached hydrogens (tertiary/aromatic N) is 1. The van der Waals surface area contributed by atoms with E-state index in [1.807, 2.05) is 19.1 Å². The molecule has 0 fully saturated rings. The van der Waals surface area contributed by atoms with E-state index in [9.17, 15) is 10.0 Å². The summed E-state index contributed by atoms with van der Waals surface area (Å²) < 4.78 is 0.630. The number of benzene rings is 1. The number of nitrogens with one attached hydrogen (secondary N) is 1. The Balaban J connectivity index is 3.07. The van der Waals surface area contributed by atoms with Gasteiger partial charge in [0.05, 0.1) is 5.52 Å². The molecule has 2 aromatic rings. The van der Waals surface area contributed by atoms with Gasteiger partial charge in [0, 0.05) is 0 Å². The van der Waals surface area contributed by atoms with E-state index in [-0.39, 0.29) is 0 Å². The molecular formula is C8H8N2O2. The minimum Gasteiger partial charge on any atom is -0.424 e. The van der Waals surface area contributed by atoms with E-state index in [0.29, 0.717) is 15.8 Å². The lowest BCUT2D eigenvalue weighted by molar-refractivity contribution is 0.188. The van der Waals surface area contributed by atoms with Crippen molar-refractivity contribution in [3.05, 3.63) is 34.2 Å². The Kier molecular flexibility index (Phi) is 1.24. The number of aromatic amines is 1. The first-order valence-corrected chi connectivity index (χ1v) is 3.60. The predicted molar refractivity (Wildman–Crippen MR) is 44.5 cm³/mol. The predicted octanol–water partition coefficient (Wildman–Crippen LogP) is 0.875. The van der Waals surface area contributed by atoms with Crippen LogP contribution in [-0.4, -0.2) is 14.9 Å². The van der Waals surface area contributed by atoms with E-state index in [2.05, 4.69) is 4.98 Å². The van der Waals surface area contributed by atoms with E-state index in [1.54, 1.807) is 6.07 Å². The lowest BCUT2D eigenvalue weighted by Gasteiger charge is -1.95. The van der Waals surface area contributed by atoms with Crippen molar-refractivity contribution in [3.8, 4) is 0 Å². The maximum absolute atomic E-state index is 10.9. The van der Waals surface area contributed by atoms with Gasteiger partial charge in [-0.2, -0.15) is 0 Å². The lowest BCUT2D eigenvalue weighted by atomic mass is 10.2. The van der Waals surface area contributed by atoms with Gasteiger partial charge in [0.2, 0.25) is 0 Å². The fourth-order valence-corrected chi connectivity index (χ4v) is 1.31. The van der Waals surface area contributed by atoms with Crippen LogP contribution in [0.3, 0.4) is 0 Å². The second kappa shape index (κ2) is 2.14. The van der Waals surface area contributed by atoms with E-state index in [0.717, 1.165) is 5.56 Å². The van der Waals surface area contributed by atoms with Gasteiger partial charge in [0.25, 0.3) is 0 Å². The lowest BCUT2D eigenvalue weighted by Crippen LogP contribution is -2.13. The first kappa shape index (κ1) is 6.97. The summed E-state index contributed by atoms with van der Waals surface area (Å²) in [6.07, 6.45) is 0. The van der Waals surface area contributed by atoms with E-state index in [1.165, 1.54) is 0 Å². The van der Waals surface area contributed by atoms with Gasteiger partial charge in [-0.25, -0.2) is 4.79 Å². The molecule has 0 radical (unpaired) electrons. The van der Waals surface area contributed by atoms with Crippen molar-refractivity contribution in [3.63, 3.8) is 0 Å². The Morgan fingerprint density at radius 2 is 2.25 bits per heavy atom. The maximum Gasteiger partial charge on any atom is 0.359 e. The highest BCUT2D eigenvalue weighted by Crippen LogP contribution is 2.12. The van der Waals surface area contributed by atoms with E-state index < -0.39 is 5.69 Å². The fraction of sp³-hybridized carbons (Fsp3) is 0.125. The molecule has 12 heavy (non-hydrogen) atoms. The fourth-order valence-electron chi connectivity index (χ4n) is 1.31. The molecule has 0 aliphatic rings. The molecule has 1 aromatic heterocycles. The Hall–Kier alpha value is -1.71. The molecule has 0 saturated heterocycles. The van der Waals surface area contributed by atoms with Crippen LogP contribution in [-0.2, 0) is 0 Å². The summed E-state index contributed by atoms with van der Waals surface area (Å²) in [5.41, 5.74) is 1.57. The highest BCUT2D eigenvalue weighted by atomic mass is 16.5. The molecule has 62 valence electrons. The van der Waals surface area contributed by atoms with Gasteiger partial charge in [-0.15, -0.1) is 4.73 Å². The standard InChI is InChI=1S/C8H8N2O2/c1-5-3-2-4-6-7(5)10(12)8(11)9-6/h2-4,12H,1H3,(H,9,11). The number of hydrogen-bond donors (Lipinski definition) is 2. The van der Waals surface area contributed by atoms with Crippen LogP contribution in [0.25, 0.3) is 11.0 Å². The van der Waals surface area contributed by atoms with Crippen LogP contribution in [0.1, 0.15) is 5.56 Å². The number of aromatic nitrogens is 2. The molecule has 2 rings (SSSR count). The Labute approximate surface area is 68.0 Å². The third kappa shape index (κ3) is 0.747. The summed E-state index contributed by atoms with van der Waals surface area (Å²) in [4.78, 5) is 13.5. The van der Waals surface area contributed by atoms with Crippen LogP contribution in [0.5, 0.6) is 0 Å². The zero-order valence-electron chi connectivity index (χ0n) is 6.53. The monoisotopic (exact) mass is 164 g/mol. The Bertz CT molecular complexity index is 481. The number of H-pyrrole nitrogens is 1. The second-order valence-electron chi connectivity index (χ2n) is 2.71. The minimum atomic E-state index is -0.501. The third-order valence-corrected chi connectivity index (χ3v) is 1.88. The van der Waals surface area contributed by atoms with Gasteiger partial charge in [-0.05, 0) is 18.6 Å². The van der Waals surface area contributed by atoms with Gasteiger partial charge in [-0.3, -0.25) is 0 Å². The van der Waals surface area contributed by atoms with Crippen molar-refractivity contribution in [1.29, 1.82) is 0 Å². The zero-order chi connectivity index (χ0) is 8.72. The van der Waals surface area contributed by atoms with E-state index in [4.69, 9.17) is 0 Å². The summed E-state index contributed by atoms with van der Waals surface area (Å²) in [7, 11) is 0. The first-order valence-electron chi connectivity index (χ1n) is 3.60. The van der Waals surface area contributed by atoms with Crippen LogP contribution in [0, 0.1) is 6.92 Å². The SMILES string of the molecule is Cc1cccc2[nH]c(=O)n(O)c12.